The monoisotopic (exact) mass is 225 g/mol. The maximum atomic E-state index is 11.0. The zero-order valence-corrected chi connectivity index (χ0v) is 9.20. The maximum Gasteiger partial charge on any atom is 0.0548 e. The first kappa shape index (κ1) is 9.40. The summed E-state index contributed by atoms with van der Waals surface area (Å²) in [6.45, 7) is 0.772. The molecule has 1 heterocycles. The van der Waals surface area contributed by atoms with E-state index in [0.717, 1.165) is 19.4 Å². The van der Waals surface area contributed by atoms with Crippen molar-refractivity contribution in [2.45, 2.75) is 12.8 Å². The predicted molar refractivity (Wildman–Crippen MR) is 38.6 cm³/mol. The van der Waals surface area contributed by atoms with E-state index in [-0.39, 0.29) is 44.5 Å². The Morgan fingerprint density at radius 3 is 2.82 bits per heavy atom. The zero-order chi connectivity index (χ0) is 6.97. The summed E-state index contributed by atoms with van der Waals surface area (Å²) in [7, 11) is 0. The van der Waals surface area contributed by atoms with E-state index in [1.165, 1.54) is 0 Å². The quantitative estimate of drug-likeness (QED) is 0.574. The van der Waals surface area contributed by atoms with E-state index in [9.17, 15) is 4.79 Å². The molecule has 1 amide bonds. The van der Waals surface area contributed by atoms with Crippen LogP contribution in [0.5, 0.6) is 0 Å². The van der Waals surface area contributed by atoms with E-state index in [0.29, 0.717) is 5.92 Å². The van der Waals surface area contributed by atoms with Gasteiger partial charge in [0.1, 0.15) is 0 Å². The molecular weight excluding hydrogens is 215 g/mol. The Labute approximate surface area is 91.7 Å². The standard InChI is InChI=1S/C8H11NO.Y/c10-8-7-4-2-1-3-6(7)5-9-8;/h1-2,6-7H,3-5H2,(H,9,10);/p-1. The van der Waals surface area contributed by atoms with E-state index in [1.807, 2.05) is 0 Å². The molecule has 1 fully saturated rings. The van der Waals surface area contributed by atoms with E-state index in [2.05, 4.69) is 17.5 Å². The molecule has 11 heavy (non-hydrogen) atoms. The number of carbonyl (C=O) groups excluding carboxylic acids is 1. The van der Waals surface area contributed by atoms with Crippen molar-refractivity contribution in [1.29, 1.82) is 0 Å². The molecule has 0 aromatic heterocycles. The number of amides is 1. The molecule has 0 N–H and O–H groups in total. The van der Waals surface area contributed by atoms with Crippen LogP contribution in [-0.2, 0) is 37.5 Å². The summed E-state index contributed by atoms with van der Waals surface area (Å²) in [5.41, 5.74) is 0. The first-order chi connectivity index (χ1) is 4.88. The van der Waals surface area contributed by atoms with Gasteiger partial charge >= 0.3 is 0 Å². The Morgan fingerprint density at radius 2 is 2.09 bits per heavy atom. The van der Waals surface area contributed by atoms with Gasteiger partial charge in [-0.25, -0.2) is 0 Å². The third kappa shape index (κ3) is 1.73. The Morgan fingerprint density at radius 1 is 1.36 bits per heavy atom. The van der Waals surface area contributed by atoms with Crippen molar-refractivity contribution in [3.63, 3.8) is 0 Å². The minimum absolute atomic E-state index is 0. The molecule has 57 valence electrons. The SMILES string of the molecule is O=C1[N-]CC2CC=CCC12.[Y]. The molecule has 0 aromatic rings. The fraction of sp³-hybridized carbons (Fsp3) is 0.625. The topological polar surface area (TPSA) is 31.2 Å². The van der Waals surface area contributed by atoms with Gasteiger partial charge in [-0.1, -0.05) is 12.2 Å². The average Bonchev–Trinajstić information content (AvgIpc) is 2.34. The molecule has 0 spiro atoms. The van der Waals surface area contributed by atoms with Crippen LogP contribution in [0, 0.1) is 11.8 Å². The molecule has 2 unspecified atom stereocenters. The molecule has 1 saturated heterocycles. The van der Waals surface area contributed by atoms with Gasteiger partial charge in [0, 0.05) is 38.6 Å². The van der Waals surface area contributed by atoms with Crippen molar-refractivity contribution in [2.75, 3.05) is 6.54 Å². The number of allylic oxidation sites excluding steroid dienone is 2. The molecule has 1 aliphatic heterocycles. The second-order valence-electron chi connectivity index (χ2n) is 2.99. The molecule has 1 radical (unpaired) electrons. The number of hydrogen-bond acceptors (Lipinski definition) is 1. The molecule has 2 nitrogen and oxygen atoms in total. The van der Waals surface area contributed by atoms with Gasteiger partial charge < -0.3 is 10.1 Å². The van der Waals surface area contributed by atoms with Crippen molar-refractivity contribution in [3.05, 3.63) is 17.5 Å². The van der Waals surface area contributed by atoms with E-state index in [1.54, 1.807) is 0 Å². The van der Waals surface area contributed by atoms with E-state index < -0.39 is 0 Å². The van der Waals surface area contributed by atoms with Gasteiger partial charge in [-0.2, -0.15) is 0 Å². The van der Waals surface area contributed by atoms with Gasteiger partial charge in [-0.15, -0.1) is 6.54 Å². The van der Waals surface area contributed by atoms with E-state index >= 15 is 0 Å². The molecule has 0 saturated carbocycles. The molecule has 0 aromatic carbocycles. The molecule has 1 aliphatic carbocycles. The first-order valence-electron chi connectivity index (χ1n) is 3.74. The Kier molecular flexibility index (Phi) is 3.26. The van der Waals surface area contributed by atoms with Crippen LogP contribution in [0.15, 0.2) is 12.2 Å². The van der Waals surface area contributed by atoms with Gasteiger partial charge in [0.2, 0.25) is 0 Å². The summed E-state index contributed by atoms with van der Waals surface area (Å²) in [5, 5.41) is 3.90. The smallest absolute Gasteiger partial charge is 0.0548 e. The molecule has 2 aliphatic rings. The Hall–Kier alpha value is 0.314. The van der Waals surface area contributed by atoms with Crippen molar-refractivity contribution < 1.29 is 37.5 Å². The molecule has 2 rings (SSSR count). The molecule has 2 atom stereocenters. The van der Waals surface area contributed by atoms with Crippen molar-refractivity contribution >= 4 is 5.91 Å². The summed E-state index contributed by atoms with van der Waals surface area (Å²) < 4.78 is 0. The Balaban J connectivity index is 0.000000605. The fourth-order valence-corrected chi connectivity index (χ4v) is 1.70. The molecular formula is C8H10NOY-. The van der Waals surface area contributed by atoms with Crippen LogP contribution < -0.4 is 0 Å². The van der Waals surface area contributed by atoms with Crippen molar-refractivity contribution in [1.82, 2.24) is 0 Å². The van der Waals surface area contributed by atoms with Crippen LogP contribution in [0.1, 0.15) is 12.8 Å². The summed E-state index contributed by atoms with van der Waals surface area (Å²) in [6, 6.07) is 0. The second kappa shape index (κ2) is 3.82. The Bertz CT molecular complexity index is 191. The van der Waals surface area contributed by atoms with Crippen LogP contribution in [0.25, 0.3) is 5.32 Å². The van der Waals surface area contributed by atoms with Crippen LogP contribution in [0.3, 0.4) is 0 Å². The number of nitrogens with zero attached hydrogens (tertiary/aromatic N) is 1. The second-order valence-corrected chi connectivity index (χ2v) is 2.99. The molecule has 0 bridgehead atoms. The van der Waals surface area contributed by atoms with E-state index in [4.69, 9.17) is 0 Å². The van der Waals surface area contributed by atoms with Crippen LogP contribution in [0.4, 0.5) is 0 Å². The number of fused-ring (bicyclic) bond motifs is 1. The largest absolute Gasteiger partial charge is 0.653 e. The minimum Gasteiger partial charge on any atom is -0.653 e. The van der Waals surface area contributed by atoms with Crippen LogP contribution >= 0.6 is 0 Å². The normalized spacial score (nSPS) is 34.0. The number of carbonyl (C=O) groups is 1. The van der Waals surface area contributed by atoms with Crippen LogP contribution in [-0.4, -0.2) is 12.5 Å². The van der Waals surface area contributed by atoms with Gasteiger partial charge in [0.25, 0.3) is 0 Å². The summed E-state index contributed by atoms with van der Waals surface area (Å²) in [4.78, 5) is 11.0. The third-order valence-corrected chi connectivity index (χ3v) is 2.36. The van der Waals surface area contributed by atoms with Crippen LogP contribution in [0.2, 0.25) is 0 Å². The number of hydrogen-bond donors (Lipinski definition) is 0. The summed E-state index contributed by atoms with van der Waals surface area (Å²) in [6.07, 6.45) is 6.24. The number of rotatable bonds is 0. The molecule has 3 heteroatoms. The summed E-state index contributed by atoms with van der Waals surface area (Å²) >= 11 is 0. The van der Waals surface area contributed by atoms with Crippen molar-refractivity contribution in [2.24, 2.45) is 11.8 Å². The predicted octanol–water partition coefficient (Wildman–Crippen LogP) is 1.48. The fourth-order valence-electron chi connectivity index (χ4n) is 1.70. The van der Waals surface area contributed by atoms with Gasteiger partial charge in [0.05, 0.1) is 5.91 Å². The average molecular weight is 225 g/mol. The van der Waals surface area contributed by atoms with Gasteiger partial charge in [-0.3, -0.25) is 0 Å². The summed E-state index contributed by atoms with van der Waals surface area (Å²) in [5.74, 6) is 0.914. The third-order valence-electron chi connectivity index (χ3n) is 2.36. The zero-order valence-electron chi connectivity index (χ0n) is 6.36. The van der Waals surface area contributed by atoms with Gasteiger partial charge in [0.15, 0.2) is 0 Å². The van der Waals surface area contributed by atoms with Crippen molar-refractivity contribution in [3.8, 4) is 0 Å². The van der Waals surface area contributed by atoms with Gasteiger partial charge in [-0.05, 0) is 18.8 Å². The first-order valence-corrected chi connectivity index (χ1v) is 3.74. The maximum absolute atomic E-state index is 11.0. The minimum atomic E-state index is 0.